The van der Waals surface area contributed by atoms with Crippen LogP contribution in [0.2, 0.25) is 0 Å². The van der Waals surface area contributed by atoms with Crippen LogP contribution in [0.15, 0.2) is 6.20 Å². The molecule has 2 unspecified atom stereocenters. The highest BCUT2D eigenvalue weighted by Crippen LogP contribution is 2.39. The SMILES string of the molecule is Cc1[nH]ncc1C(=O)N1CCN(C(=O)C2CC2C)CC1. The van der Waals surface area contributed by atoms with Crippen molar-refractivity contribution in [2.75, 3.05) is 26.2 Å². The summed E-state index contributed by atoms with van der Waals surface area (Å²) in [5, 5.41) is 6.67. The molecule has 0 radical (unpaired) electrons. The Morgan fingerprint density at radius 3 is 2.35 bits per heavy atom. The zero-order chi connectivity index (χ0) is 14.3. The van der Waals surface area contributed by atoms with Crippen molar-refractivity contribution in [3.05, 3.63) is 17.5 Å². The number of aromatic amines is 1. The van der Waals surface area contributed by atoms with Gasteiger partial charge >= 0.3 is 0 Å². The molecule has 0 spiro atoms. The molecule has 1 aromatic heterocycles. The van der Waals surface area contributed by atoms with Gasteiger partial charge < -0.3 is 9.80 Å². The largest absolute Gasteiger partial charge is 0.339 e. The van der Waals surface area contributed by atoms with Crippen LogP contribution in [0, 0.1) is 18.8 Å². The standard InChI is InChI=1S/C14H20N4O2/c1-9-7-11(9)13(19)17-3-5-18(6-4-17)14(20)12-8-15-16-10(12)2/h8-9,11H,3-7H2,1-2H3,(H,15,16). The number of carbonyl (C=O) groups is 2. The summed E-state index contributed by atoms with van der Waals surface area (Å²) in [7, 11) is 0. The summed E-state index contributed by atoms with van der Waals surface area (Å²) in [6.07, 6.45) is 2.59. The Hall–Kier alpha value is -1.85. The molecule has 0 aromatic carbocycles. The van der Waals surface area contributed by atoms with Gasteiger partial charge in [-0.15, -0.1) is 0 Å². The third-order valence-electron chi connectivity index (χ3n) is 4.37. The van der Waals surface area contributed by atoms with Gasteiger partial charge in [0.05, 0.1) is 11.8 Å². The van der Waals surface area contributed by atoms with Crippen LogP contribution in [-0.2, 0) is 4.79 Å². The number of carbonyl (C=O) groups excluding carboxylic acids is 2. The summed E-state index contributed by atoms with van der Waals surface area (Å²) in [5.41, 5.74) is 1.42. The maximum atomic E-state index is 12.3. The molecule has 3 rings (SSSR count). The molecular formula is C14H20N4O2. The van der Waals surface area contributed by atoms with E-state index in [0.717, 1.165) is 12.1 Å². The average molecular weight is 276 g/mol. The second kappa shape index (κ2) is 4.92. The molecule has 2 amide bonds. The minimum Gasteiger partial charge on any atom is -0.339 e. The first kappa shape index (κ1) is 13.1. The lowest BCUT2D eigenvalue weighted by atomic mass is 10.2. The number of nitrogens with zero attached hydrogens (tertiary/aromatic N) is 3. The molecule has 2 aliphatic rings. The molecule has 6 nitrogen and oxygen atoms in total. The van der Waals surface area contributed by atoms with E-state index < -0.39 is 0 Å². The van der Waals surface area contributed by atoms with Crippen LogP contribution in [-0.4, -0.2) is 58.0 Å². The molecule has 1 aromatic rings. The zero-order valence-corrected chi connectivity index (χ0v) is 11.9. The van der Waals surface area contributed by atoms with Crippen LogP contribution in [0.3, 0.4) is 0 Å². The van der Waals surface area contributed by atoms with E-state index in [4.69, 9.17) is 0 Å². The van der Waals surface area contributed by atoms with E-state index in [-0.39, 0.29) is 17.7 Å². The van der Waals surface area contributed by atoms with Gasteiger partial charge in [0.2, 0.25) is 5.91 Å². The lowest BCUT2D eigenvalue weighted by Crippen LogP contribution is -2.51. The molecule has 1 aliphatic heterocycles. The molecule has 1 N–H and O–H groups in total. The van der Waals surface area contributed by atoms with Crippen molar-refractivity contribution in [2.45, 2.75) is 20.3 Å². The molecule has 0 bridgehead atoms. The van der Waals surface area contributed by atoms with Crippen LogP contribution >= 0.6 is 0 Å². The number of hydrogen-bond donors (Lipinski definition) is 1. The molecule has 6 heteroatoms. The van der Waals surface area contributed by atoms with Crippen LogP contribution in [0.25, 0.3) is 0 Å². The maximum absolute atomic E-state index is 12.3. The van der Waals surface area contributed by atoms with Crippen molar-refractivity contribution in [1.82, 2.24) is 20.0 Å². The van der Waals surface area contributed by atoms with E-state index in [1.165, 1.54) is 0 Å². The summed E-state index contributed by atoms with van der Waals surface area (Å²) < 4.78 is 0. The highest BCUT2D eigenvalue weighted by molar-refractivity contribution is 5.95. The quantitative estimate of drug-likeness (QED) is 0.862. The van der Waals surface area contributed by atoms with E-state index in [2.05, 4.69) is 17.1 Å². The van der Waals surface area contributed by atoms with Crippen LogP contribution < -0.4 is 0 Å². The molecule has 108 valence electrons. The first-order valence-corrected chi connectivity index (χ1v) is 7.16. The normalized spacial score (nSPS) is 25.7. The molecule has 1 saturated heterocycles. The van der Waals surface area contributed by atoms with E-state index in [1.807, 2.05) is 11.8 Å². The highest BCUT2D eigenvalue weighted by atomic mass is 16.2. The maximum Gasteiger partial charge on any atom is 0.257 e. The lowest BCUT2D eigenvalue weighted by Gasteiger charge is -2.35. The van der Waals surface area contributed by atoms with E-state index >= 15 is 0 Å². The summed E-state index contributed by atoms with van der Waals surface area (Å²) in [5.74, 6) is 1.04. The Morgan fingerprint density at radius 2 is 1.85 bits per heavy atom. The second-order valence-corrected chi connectivity index (χ2v) is 5.85. The number of hydrogen-bond acceptors (Lipinski definition) is 3. The van der Waals surface area contributed by atoms with E-state index in [1.54, 1.807) is 11.1 Å². The predicted octanol–water partition coefficient (Wildman–Crippen LogP) is 0.659. The predicted molar refractivity (Wildman–Crippen MR) is 73.1 cm³/mol. The Kier molecular flexibility index (Phi) is 3.23. The minimum absolute atomic E-state index is 0.00291. The van der Waals surface area contributed by atoms with Crippen LogP contribution in [0.5, 0.6) is 0 Å². The molecule has 2 fully saturated rings. The summed E-state index contributed by atoms with van der Waals surface area (Å²) in [6, 6.07) is 0. The Bertz CT molecular complexity index is 531. The first-order chi connectivity index (χ1) is 9.58. The van der Waals surface area contributed by atoms with Gasteiger partial charge in [0.15, 0.2) is 0 Å². The number of piperazine rings is 1. The minimum atomic E-state index is 0.00291. The number of rotatable bonds is 2. The van der Waals surface area contributed by atoms with Gasteiger partial charge in [-0.05, 0) is 19.3 Å². The summed E-state index contributed by atoms with van der Waals surface area (Å²) in [4.78, 5) is 28.2. The van der Waals surface area contributed by atoms with Crippen molar-refractivity contribution in [1.29, 1.82) is 0 Å². The lowest BCUT2D eigenvalue weighted by molar-refractivity contribution is -0.134. The van der Waals surface area contributed by atoms with Gasteiger partial charge in [0, 0.05) is 37.8 Å². The summed E-state index contributed by atoms with van der Waals surface area (Å²) in [6.45, 7) is 6.46. The Labute approximate surface area is 118 Å². The molecule has 1 saturated carbocycles. The van der Waals surface area contributed by atoms with Gasteiger partial charge in [-0.1, -0.05) is 6.92 Å². The van der Waals surface area contributed by atoms with Gasteiger partial charge in [-0.3, -0.25) is 14.7 Å². The fraction of sp³-hybridized carbons (Fsp3) is 0.643. The third kappa shape index (κ3) is 2.30. The van der Waals surface area contributed by atoms with E-state index in [0.29, 0.717) is 37.7 Å². The van der Waals surface area contributed by atoms with Gasteiger partial charge in [-0.2, -0.15) is 5.10 Å². The summed E-state index contributed by atoms with van der Waals surface area (Å²) >= 11 is 0. The number of nitrogens with one attached hydrogen (secondary N) is 1. The van der Waals surface area contributed by atoms with Crippen LogP contribution in [0.1, 0.15) is 29.4 Å². The van der Waals surface area contributed by atoms with Gasteiger partial charge in [-0.25, -0.2) is 0 Å². The first-order valence-electron chi connectivity index (χ1n) is 7.16. The number of amides is 2. The molecular weight excluding hydrogens is 256 g/mol. The van der Waals surface area contributed by atoms with Crippen molar-refractivity contribution >= 4 is 11.8 Å². The molecule has 20 heavy (non-hydrogen) atoms. The third-order valence-corrected chi connectivity index (χ3v) is 4.37. The van der Waals surface area contributed by atoms with Gasteiger partial charge in [0.25, 0.3) is 5.91 Å². The van der Waals surface area contributed by atoms with Crippen molar-refractivity contribution in [3.63, 3.8) is 0 Å². The Morgan fingerprint density at radius 1 is 1.25 bits per heavy atom. The fourth-order valence-electron chi connectivity index (χ4n) is 2.77. The highest BCUT2D eigenvalue weighted by Gasteiger charge is 2.42. The van der Waals surface area contributed by atoms with Crippen molar-refractivity contribution in [2.24, 2.45) is 11.8 Å². The number of aromatic nitrogens is 2. The van der Waals surface area contributed by atoms with Crippen molar-refractivity contribution < 1.29 is 9.59 Å². The smallest absolute Gasteiger partial charge is 0.257 e. The molecule has 2 heterocycles. The van der Waals surface area contributed by atoms with Gasteiger partial charge in [0.1, 0.15) is 0 Å². The fourth-order valence-corrected chi connectivity index (χ4v) is 2.77. The number of H-pyrrole nitrogens is 1. The zero-order valence-electron chi connectivity index (χ0n) is 11.9. The Balaban J connectivity index is 1.57. The topological polar surface area (TPSA) is 69.3 Å². The molecule has 2 atom stereocenters. The monoisotopic (exact) mass is 276 g/mol. The number of aryl methyl sites for hydroxylation is 1. The van der Waals surface area contributed by atoms with Crippen molar-refractivity contribution in [3.8, 4) is 0 Å². The average Bonchev–Trinajstić information content (AvgIpc) is 3.03. The van der Waals surface area contributed by atoms with Crippen LogP contribution in [0.4, 0.5) is 0 Å². The van der Waals surface area contributed by atoms with E-state index in [9.17, 15) is 9.59 Å². The molecule has 1 aliphatic carbocycles. The second-order valence-electron chi connectivity index (χ2n) is 5.85.